The average molecular weight is 334 g/mol. The molecule has 104 valence electrons. The summed E-state index contributed by atoms with van der Waals surface area (Å²) in [5.74, 6) is -2.32. The van der Waals surface area contributed by atoms with Gasteiger partial charge in [0.1, 0.15) is 17.2 Å². The van der Waals surface area contributed by atoms with Crippen molar-refractivity contribution >= 4 is 21.8 Å². The Hall–Kier alpha value is -1.01. The summed E-state index contributed by atoms with van der Waals surface area (Å²) in [7, 11) is 1.57. The van der Waals surface area contributed by atoms with Crippen LogP contribution in [-0.4, -0.2) is 37.1 Å². The van der Waals surface area contributed by atoms with Crippen molar-refractivity contribution < 1.29 is 18.3 Å². The first-order valence-electron chi connectivity index (χ1n) is 5.99. The molecule has 2 rings (SSSR count). The predicted molar refractivity (Wildman–Crippen MR) is 70.0 cm³/mol. The number of carbonyl (C=O) groups excluding carboxylic acids is 1. The lowest BCUT2D eigenvalue weighted by Crippen LogP contribution is -2.43. The molecule has 1 atom stereocenters. The van der Waals surface area contributed by atoms with Crippen molar-refractivity contribution in [2.24, 2.45) is 0 Å². The summed E-state index contributed by atoms with van der Waals surface area (Å²) in [6, 6.07) is 2.18. The Labute approximate surface area is 118 Å². The van der Waals surface area contributed by atoms with Gasteiger partial charge in [-0.05, 0) is 25.0 Å². The van der Waals surface area contributed by atoms with Crippen molar-refractivity contribution in [2.45, 2.75) is 18.9 Å². The normalized spacial score (nSPS) is 19.6. The standard InChI is InChI=1S/C13H14BrF2NO2/c1-19-9-3-2-4-17(7-9)13(18)12-10(15)5-8(14)6-11(12)16/h5-6,9H,2-4,7H2,1H3. The Kier molecular flexibility index (Phi) is 4.52. The number of benzene rings is 1. The topological polar surface area (TPSA) is 29.5 Å². The second-order valence-electron chi connectivity index (χ2n) is 4.50. The van der Waals surface area contributed by atoms with E-state index in [9.17, 15) is 13.6 Å². The molecule has 1 fully saturated rings. The van der Waals surface area contributed by atoms with Crippen LogP contribution in [0.3, 0.4) is 0 Å². The second kappa shape index (κ2) is 5.96. The van der Waals surface area contributed by atoms with Crippen molar-refractivity contribution in [3.63, 3.8) is 0 Å². The van der Waals surface area contributed by atoms with Gasteiger partial charge >= 0.3 is 0 Å². The van der Waals surface area contributed by atoms with Gasteiger partial charge in [0.2, 0.25) is 0 Å². The Bertz CT molecular complexity index is 473. The number of carbonyl (C=O) groups is 1. The van der Waals surface area contributed by atoms with Gasteiger partial charge < -0.3 is 9.64 Å². The summed E-state index contributed by atoms with van der Waals surface area (Å²) in [4.78, 5) is 13.6. The van der Waals surface area contributed by atoms with E-state index in [1.807, 2.05) is 0 Å². The van der Waals surface area contributed by atoms with E-state index in [2.05, 4.69) is 15.9 Å². The maximum Gasteiger partial charge on any atom is 0.259 e. The molecule has 0 saturated carbocycles. The molecule has 0 radical (unpaired) electrons. The van der Waals surface area contributed by atoms with E-state index in [1.165, 1.54) is 4.90 Å². The molecule has 1 aromatic rings. The lowest BCUT2D eigenvalue weighted by atomic mass is 10.1. The van der Waals surface area contributed by atoms with Crippen LogP contribution >= 0.6 is 15.9 Å². The molecule has 0 bridgehead atoms. The Morgan fingerprint density at radius 3 is 2.63 bits per heavy atom. The smallest absolute Gasteiger partial charge is 0.259 e. The molecule has 1 aliphatic rings. The van der Waals surface area contributed by atoms with Crippen LogP contribution in [0, 0.1) is 11.6 Å². The van der Waals surface area contributed by atoms with Gasteiger partial charge in [0, 0.05) is 24.7 Å². The number of hydrogen-bond acceptors (Lipinski definition) is 2. The SMILES string of the molecule is COC1CCCN(C(=O)c2c(F)cc(Br)cc2F)C1. The number of methoxy groups -OCH3 is 1. The Morgan fingerprint density at radius 1 is 1.42 bits per heavy atom. The number of piperidine rings is 1. The van der Waals surface area contributed by atoms with E-state index in [-0.39, 0.29) is 10.6 Å². The third-order valence-electron chi connectivity index (χ3n) is 3.22. The fraction of sp³-hybridized carbons (Fsp3) is 0.462. The summed E-state index contributed by atoms with van der Waals surface area (Å²) in [6.07, 6.45) is 1.55. The van der Waals surface area contributed by atoms with E-state index in [4.69, 9.17) is 4.74 Å². The highest BCUT2D eigenvalue weighted by atomic mass is 79.9. The number of nitrogens with zero attached hydrogens (tertiary/aromatic N) is 1. The van der Waals surface area contributed by atoms with Gasteiger partial charge in [-0.15, -0.1) is 0 Å². The first-order valence-corrected chi connectivity index (χ1v) is 6.79. The Balaban J connectivity index is 2.24. The zero-order valence-electron chi connectivity index (χ0n) is 10.5. The first kappa shape index (κ1) is 14.4. The molecule has 19 heavy (non-hydrogen) atoms. The van der Waals surface area contributed by atoms with Crippen LogP contribution in [0.4, 0.5) is 8.78 Å². The first-order chi connectivity index (χ1) is 9.02. The predicted octanol–water partition coefficient (Wildman–Crippen LogP) is 2.98. The van der Waals surface area contributed by atoms with Crippen LogP contribution in [0.2, 0.25) is 0 Å². The van der Waals surface area contributed by atoms with Crippen LogP contribution in [0.1, 0.15) is 23.2 Å². The van der Waals surface area contributed by atoms with Gasteiger partial charge in [0.05, 0.1) is 6.10 Å². The van der Waals surface area contributed by atoms with E-state index in [0.717, 1.165) is 25.0 Å². The van der Waals surface area contributed by atoms with E-state index >= 15 is 0 Å². The molecule has 1 heterocycles. The molecule has 0 aliphatic carbocycles. The van der Waals surface area contributed by atoms with Crippen LogP contribution in [0.15, 0.2) is 16.6 Å². The highest BCUT2D eigenvalue weighted by molar-refractivity contribution is 9.10. The van der Waals surface area contributed by atoms with E-state index in [0.29, 0.717) is 13.1 Å². The molecule has 0 N–H and O–H groups in total. The lowest BCUT2D eigenvalue weighted by molar-refractivity contribution is 0.0263. The van der Waals surface area contributed by atoms with E-state index in [1.54, 1.807) is 7.11 Å². The van der Waals surface area contributed by atoms with Crippen molar-refractivity contribution in [3.8, 4) is 0 Å². The van der Waals surface area contributed by atoms with Crippen molar-refractivity contribution in [2.75, 3.05) is 20.2 Å². The fourth-order valence-corrected chi connectivity index (χ4v) is 2.62. The molecular formula is C13H14BrF2NO2. The average Bonchev–Trinajstić information content (AvgIpc) is 2.37. The minimum atomic E-state index is -0.851. The molecule has 0 aromatic heterocycles. The molecular weight excluding hydrogens is 320 g/mol. The quantitative estimate of drug-likeness (QED) is 0.832. The molecule has 1 saturated heterocycles. The van der Waals surface area contributed by atoms with E-state index < -0.39 is 23.1 Å². The number of hydrogen-bond donors (Lipinski definition) is 0. The Morgan fingerprint density at radius 2 is 2.05 bits per heavy atom. The molecule has 1 aromatic carbocycles. The van der Waals surface area contributed by atoms with Gasteiger partial charge in [-0.3, -0.25) is 4.79 Å². The number of halogens is 3. The maximum absolute atomic E-state index is 13.7. The fourth-order valence-electron chi connectivity index (χ4n) is 2.22. The van der Waals surface area contributed by atoms with Gasteiger partial charge in [-0.2, -0.15) is 0 Å². The second-order valence-corrected chi connectivity index (χ2v) is 5.41. The summed E-state index contributed by atoms with van der Waals surface area (Å²) < 4.78 is 33.0. The van der Waals surface area contributed by atoms with Gasteiger partial charge in [0.25, 0.3) is 5.91 Å². The van der Waals surface area contributed by atoms with Gasteiger partial charge in [0.15, 0.2) is 0 Å². The molecule has 6 heteroatoms. The number of ether oxygens (including phenoxy) is 1. The zero-order chi connectivity index (χ0) is 14.0. The van der Waals surface area contributed by atoms with Gasteiger partial charge in [-0.25, -0.2) is 8.78 Å². The highest BCUT2D eigenvalue weighted by Gasteiger charge is 2.28. The molecule has 3 nitrogen and oxygen atoms in total. The lowest BCUT2D eigenvalue weighted by Gasteiger charge is -2.32. The molecule has 0 spiro atoms. The third-order valence-corrected chi connectivity index (χ3v) is 3.68. The van der Waals surface area contributed by atoms with Gasteiger partial charge in [-0.1, -0.05) is 15.9 Å². The van der Waals surface area contributed by atoms with Crippen LogP contribution < -0.4 is 0 Å². The van der Waals surface area contributed by atoms with Crippen molar-refractivity contribution in [3.05, 3.63) is 33.8 Å². The summed E-state index contributed by atoms with van der Waals surface area (Å²) in [5, 5.41) is 0. The number of rotatable bonds is 2. The van der Waals surface area contributed by atoms with Crippen LogP contribution in [-0.2, 0) is 4.74 Å². The molecule has 1 aliphatic heterocycles. The van der Waals surface area contributed by atoms with Crippen LogP contribution in [0.5, 0.6) is 0 Å². The zero-order valence-corrected chi connectivity index (χ0v) is 12.0. The van der Waals surface area contributed by atoms with Crippen molar-refractivity contribution in [1.82, 2.24) is 4.90 Å². The minimum absolute atomic E-state index is 0.0701. The third kappa shape index (κ3) is 3.12. The largest absolute Gasteiger partial charge is 0.380 e. The maximum atomic E-state index is 13.7. The monoisotopic (exact) mass is 333 g/mol. The van der Waals surface area contributed by atoms with Crippen molar-refractivity contribution in [1.29, 1.82) is 0 Å². The molecule has 1 amide bonds. The van der Waals surface area contributed by atoms with Crippen LogP contribution in [0.25, 0.3) is 0 Å². The highest BCUT2D eigenvalue weighted by Crippen LogP contribution is 2.22. The molecule has 1 unspecified atom stereocenters. The number of amides is 1. The number of likely N-dealkylation sites (tertiary alicyclic amines) is 1. The summed E-state index contributed by atoms with van der Waals surface area (Å²) in [6.45, 7) is 0.859. The minimum Gasteiger partial charge on any atom is -0.380 e. The summed E-state index contributed by atoms with van der Waals surface area (Å²) in [5.41, 5.74) is -0.500. The summed E-state index contributed by atoms with van der Waals surface area (Å²) >= 11 is 2.99.